The van der Waals surface area contributed by atoms with Crippen molar-refractivity contribution >= 4 is 0 Å². The fourth-order valence-electron chi connectivity index (χ4n) is 1.44. The van der Waals surface area contributed by atoms with Crippen LogP contribution in [0.15, 0.2) is 11.8 Å². The van der Waals surface area contributed by atoms with Crippen molar-refractivity contribution in [3.05, 3.63) is 18.4 Å². The smallest absolute Gasteiger partial charge is 0.0238 e. The van der Waals surface area contributed by atoms with Crippen molar-refractivity contribution in [3.63, 3.8) is 0 Å². The van der Waals surface area contributed by atoms with E-state index in [0.717, 1.165) is 26.1 Å². The third-order valence-corrected chi connectivity index (χ3v) is 2.01. The minimum Gasteiger partial charge on any atom is -0.327 e. The molecular formula is C11H24N2. The highest BCUT2D eigenvalue weighted by atomic mass is 15.1. The fourth-order valence-corrected chi connectivity index (χ4v) is 1.44. The molecule has 0 bridgehead atoms. The highest BCUT2D eigenvalue weighted by molar-refractivity contribution is 4.83. The summed E-state index contributed by atoms with van der Waals surface area (Å²) >= 11 is 0. The van der Waals surface area contributed by atoms with Crippen LogP contribution in [0.3, 0.4) is 0 Å². The molecule has 13 heavy (non-hydrogen) atoms. The molecule has 2 N–H and O–H groups in total. The Balaban J connectivity index is -0.000000339. The molecule has 1 saturated heterocycles. The van der Waals surface area contributed by atoms with Gasteiger partial charge in [-0.25, -0.2) is 0 Å². The lowest BCUT2D eigenvalue weighted by molar-refractivity contribution is 0.229. The van der Waals surface area contributed by atoms with E-state index in [1.54, 1.807) is 0 Å². The second-order valence-electron chi connectivity index (χ2n) is 3.03. The van der Waals surface area contributed by atoms with E-state index in [4.69, 9.17) is 12.3 Å². The minimum absolute atomic E-state index is 0. The summed E-state index contributed by atoms with van der Waals surface area (Å²) < 4.78 is 0. The zero-order valence-electron chi connectivity index (χ0n) is 9.79. The van der Waals surface area contributed by atoms with Gasteiger partial charge in [-0.3, -0.25) is 4.90 Å². The Labute approximate surface area is 85.1 Å². The molecule has 1 atom stereocenters. The van der Waals surface area contributed by atoms with Gasteiger partial charge in [0.05, 0.1) is 0 Å². The first kappa shape index (κ1) is 12.4. The first-order chi connectivity index (χ1) is 6.33. The zero-order chi connectivity index (χ0) is 10.1. The molecule has 1 fully saturated rings. The van der Waals surface area contributed by atoms with E-state index in [0.29, 0.717) is 6.04 Å². The Morgan fingerprint density at radius 3 is 3.00 bits per heavy atom. The second kappa shape index (κ2) is 8.06. The SMILES string of the molecule is CC.[CH]=C=CCN1CCCC(N)C1.[HH].[H]. The van der Waals surface area contributed by atoms with Crippen LogP contribution < -0.4 is 5.73 Å². The van der Waals surface area contributed by atoms with Crippen LogP contribution in [0.1, 0.15) is 29.5 Å². The van der Waals surface area contributed by atoms with E-state index >= 15 is 0 Å². The minimum atomic E-state index is 0. The molecule has 1 unspecified atom stereocenters. The lowest BCUT2D eigenvalue weighted by atomic mass is 10.1. The molecule has 78 valence electrons. The maximum absolute atomic E-state index is 5.79. The molecule has 0 amide bonds. The van der Waals surface area contributed by atoms with Crippen molar-refractivity contribution in [2.45, 2.75) is 32.7 Å². The van der Waals surface area contributed by atoms with Crippen LogP contribution in [-0.4, -0.2) is 30.6 Å². The summed E-state index contributed by atoms with van der Waals surface area (Å²) in [6, 6.07) is 0.356. The summed E-state index contributed by atoms with van der Waals surface area (Å²) in [5, 5.41) is 0. The van der Waals surface area contributed by atoms with Crippen molar-refractivity contribution in [2.75, 3.05) is 19.6 Å². The topological polar surface area (TPSA) is 29.3 Å². The van der Waals surface area contributed by atoms with Crippen LogP contribution >= 0.6 is 0 Å². The first-order valence-corrected chi connectivity index (χ1v) is 5.08. The molecule has 1 aliphatic heterocycles. The van der Waals surface area contributed by atoms with Crippen LogP contribution in [0.5, 0.6) is 0 Å². The van der Waals surface area contributed by atoms with E-state index in [-0.39, 0.29) is 2.85 Å². The number of nitrogens with zero attached hydrogens (tertiary/aromatic N) is 1. The molecule has 0 aromatic rings. The Bertz CT molecular complexity index is 168. The molecule has 0 aromatic carbocycles. The Morgan fingerprint density at radius 2 is 2.46 bits per heavy atom. The Hall–Kier alpha value is -0.560. The summed E-state index contributed by atoms with van der Waals surface area (Å²) in [6.07, 6.45) is 4.21. The van der Waals surface area contributed by atoms with Crippen LogP contribution in [-0.2, 0) is 0 Å². The summed E-state index contributed by atoms with van der Waals surface area (Å²) in [5.74, 6) is 0. The van der Waals surface area contributed by atoms with Crippen LogP contribution in [0.25, 0.3) is 0 Å². The fraction of sp³-hybridized carbons (Fsp3) is 0.727. The van der Waals surface area contributed by atoms with Gasteiger partial charge in [0, 0.05) is 22.0 Å². The maximum Gasteiger partial charge on any atom is 0.0238 e. The Morgan fingerprint density at radius 1 is 1.77 bits per heavy atom. The molecular weight excluding hydrogens is 160 g/mol. The van der Waals surface area contributed by atoms with Crippen molar-refractivity contribution < 1.29 is 2.85 Å². The summed E-state index contributed by atoms with van der Waals surface area (Å²) in [4.78, 5) is 2.30. The standard InChI is InChI=1S/C9H15N2.C2H6.H2.H/c1-2-3-6-11-7-4-5-9(10)8-11;1-2;;/h1,3,9H,4-8,10H2;1-2H3;1H;. The zero-order valence-corrected chi connectivity index (χ0v) is 8.79. The summed E-state index contributed by atoms with van der Waals surface area (Å²) in [7, 11) is 0. The quantitative estimate of drug-likeness (QED) is 0.665. The lowest BCUT2D eigenvalue weighted by Crippen LogP contribution is -2.42. The van der Waals surface area contributed by atoms with Crippen molar-refractivity contribution in [1.29, 1.82) is 0 Å². The molecule has 0 spiro atoms. The van der Waals surface area contributed by atoms with Gasteiger partial charge < -0.3 is 5.73 Å². The molecule has 1 heterocycles. The molecule has 1 rings (SSSR count). The maximum atomic E-state index is 5.79. The van der Waals surface area contributed by atoms with Crippen molar-refractivity contribution in [1.82, 2.24) is 4.90 Å². The molecule has 0 aliphatic carbocycles. The monoisotopic (exact) mass is 184 g/mol. The highest BCUT2D eigenvalue weighted by Gasteiger charge is 2.14. The summed E-state index contributed by atoms with van der Waals surface area (Å²) in [6.45, 7) is 12.2. The predicted octanol–water partition coefficient (Wildman–Crippen LogP) is 1.94. The molecule has 2 radical (unpaired) electrons. The number of likely N-dealkylation sites (tertiary alicyclic amines) is 1. The van der Waals surface area contributed by atoms with Crippen molar-refractivity contribution in [2.24, 2.45) is 5.73 Å². The van der Waals surface area contributed by atoms with Gasteiger partial charge in [0.1, 0.15) is 0 Å². The van der Waals surface area contributed by atoms with E-state index in [2.05, 4.69) is 10.6 Å². The van der Waals surface area contributed by atoms with Crippen LogP contribution in [0, 0.1) is 6.58 Å². The van der Waals surface area contributed by atoms with Gasteiger partial charge in [0.2, 0.25) is 0 Å². The number of hydrogen-bond donors (Lipinski definition) is 1. The average Bonchev–Trinajstić information content (AvgIpc) is 2.18. The van der Waals surface area contributed by atoms with Gasteiger partial charge in [-0.2, -0.15) is 0 Å². The number of piperidine rings is 1. The third-order valence-electron chi connectivity index (χ3n) is 2.01. The van der Waals surface area contributed by atoms with Crippen LogP contribution in [0.2, 0.25) is 0 Å². The number of nitrogens with two attached hydrogens (primary N) is 1. The molecule has 0 saturated carbocycles. The van der Waals surface area contributed by atoms with Gasteiger partial charge >= 0.3 is 0 Å². The van der Waals surface area contributed by atoms with E-state index in [9.17, 15) is 0 Å². The second-order valence-corrected chi connectivity index (χ2v) is 3.03. The molecule has 0 aromatic heterocycles. The van der Waals surface area contributed by atoms with Gasteiger partial charge in [-0.1, -0.05) is 13.8 Å². The van der Waals surface area contributed by atoms with E-state index in [1.807, 2.05) is 19.9 Å². The average molecular weight is 184 g/mol. The summed E-state index contributed by atoms with van der Waals surface area (Å²) in [5.41, 5.74) is 8.31. The molecule has 2 nitrogen and oxygen atoms in total. The first-order valence-electron chi connectivity index (χ1n) is 5.08. The highest BCUT2D eigenvalue weighted by Crippen LogP contribution is 2.07. The normalized spacial score (nSPS) is 22.5. The third kappa shape index (κ3) is 5.64. The number of rotatable bonds is 2. The van der Waals surface area contributed by atoms with E-state index in [1.165, 1.54) is 6.42 Å². The number of hydrogen-bond acceptors (Lipinski definition) is 2. The van der Waals surface area contributed by atoms with Gasteiger partial charge in [-0.15, -0.1) is 5.73 Å². The Kier molecular flexibility index (Phi) is 7.71. The van der Waals surface area contributed by atoms with Crippen molar-refractivity contribution in [3.8, 4) is 0 Å². The lowest BCUT2D eigenvalue weighted by Gasteiger charge is -2.29. The molecule has 2 heteroatoms. The van der Waals surface area contributed by atoms with Gasteiger partial charge in [-0.05, 0) is 32.0 Å². The largest absolute Gasteiger partial charge is 0.327 e. The molecule has 1 aliphatic rings. The van der Waals surface area contributed by atoms with Gasteiger partial charge in [0.15, 0.2) is 0 Å². The predicted molar refractivity (Wildman–Crippen MR) is 60.6 cm³/mol. The van der Waals surface area contributed by atoms with E-state index < -0.39 is 0 Å². The van der Waals surface area contributed by atoms with Crippen LogP contribution in [0.4, 0.5) is 0 Å². The van der Waals surface area contributed by atoms with Gasteiger partial charge in [0.25, 0.3) is 0 Å².